The van der Waals surface area contributed by atoms with Gasteiger partial charge in [0.2, 0.25) is 0 Å². The maximum Gasteiger partial charge on any atom is 0.273 e. The monoisotopic (exact) mass is 361 g/mol. The maximum atomic E-state index is 12.3. The van der Waals surface area contributed by atoms with Crippen LogP contribution in [0.3, 0.4) is 0 Å². The third-order valence-electron chi connectivity index (χ3n) is 4.16. The molecule has 3 aromatic rings. The summed E-state index contributed by atoms with van der Waals surface area (Å²) >= 11 is 0. The summed E-state index contributed by atoms with van der Waals surface area (Å²) in [5.74, 6) is -0.212. The summed E-state index contributed by atoms with van der Waals surface area (Å²) in [6, 6.07) is 16.5. The van der Waals surface area contributed by atoms with E-state index in [2.05, 4.69) is 64.6 Å². The number of amides is 1. The highest BCUT2D eigenvalue weighted by Gasteiger charge is 2.13. The van der Waals surface area contributed by atoms with Crippen molar-refractivity contribution in [2.24, 2.45) is 0 Å². The van der Waals surface area contributed by atoms with Gasteiger partial charge in [0, 0.05) is 25.5 Å². The zero-order chi connectivity index (χ0) is 19.2. The van der Waals surface area contributed by atoms with Crippen molar-refractivity contribution in [3.8, 4) is 11.1 Å². The van der Waals surface area contributed by atoms with Crippen LogP contribution in [-0.4, -0.2) is 34.9 Å². The van der Waals surface area contributed by atoms with Gasteiger partial charge in [-0.1, -0.05) is 48.5 Å². The first-order chi connectivity index (χ1) is 13.0. The topological polar surface area (TPSA) is 84.1 Å². The number of nitrogens with zero attached hydrogens (tertiary/aromatic N) is 3. The lowest BCUT2D eigenvalue weighted by atomic mass is 9.98. The van der Waals surface area contributed by atoms with Crippen molar-refractivity contribution in [3.63, 3.8) is 0 Å². The lowest BCUT2D eigenvalue weighted by Crippen LogP contribution is -2.25. The van der Waals surface area contributed by atoms with Crippen LogP contribution in [0.2, 0.25) is 0 Å². The molecule has 0 spiro atoms. The molecule has 0 bridgehead atoms. The van der Waals surface area contributed by atoms with E-state index in [4.69, 9.17) is 5.73 Å². The van der Waals surface area contributed by atoms with Crippen LogP contribution in [0.25, 0.3) is 11.1 Å². The summed E-state index contributed by atoms with van der Waals surface area (Å²) in [4.78, 5) is 22.4. The van der Waals surface area contributed by atoms with Gasteiger partial charge in [0.15, 0.2) is 11.5 Å². The minimum absolute atomic E-state index is 0.125. The molecule has 3 N–H and O–H groups in total. The van der Waals surface area contributed by atoms with Crippen molar-refractivity contribution in [3.05, 3.63) is 77.7 Å². The van der Waals surface area contributed by atoms with Gasteiger partial charge in [0.05, 0.1) is 0 Å². The standard InChI is InChI=1S/C21H23N5O/c1-26(2)14-15-7-9-16(10-8-15)18-6-4-3-5-17(18)13-25-21(27)19-20(22)24-12-11-23-19/h3-12H,13-14H2,1-2H3,(H2,22,24)(H,25,27). The SMILES string of the molecule is CN(C)Cc1ccc(-c2ccccc2CNC(=O)c2nccnc2N)cc1. The first-order valence-electron chi connectivity index (χ1n) is 8.71. The molecule has 6 heteroatoms. The Labute approximate surface area is 159 Å². The van der Waals surface area contributed by atoms with E-state index in [1.807, 2.05) is 18.2 Å². The number of aromatic nitrogens is 2. The number of benzene rings is 2. The molecule has 138 valence electrons. The number of anilines is 1. The Morgan fingerprint density at radius 3 is 2.44 bits per heavy atom. The van der Waals surface area contributed by atoms with Crippen molar-refractivity contribution < 1.29 is 4.79 Å². The third-order valence-corrected chi connectivity index (χ3v) is 4.16. The summed E-state index contributed by atoms with van der Waals surface area (Å²) in [6.45, 7) is 1.28. The predicted molar refractivity (Wildman–Crippen MR) is 107 cm³/mol. The Morgan fingerprint density at radius 2 is 1.74 bits per heavy atom. The van der Waals surface area contributed by atoms with Gasteiger partial charge in [-0.2, -0.15) is 0 Å². The van der Waals surface area contributed by atoms with Gasteiger partial charge in [-0.05, 0) is 36.3 Å². The average Bonchev–Trinajstić information content (AvgIpc) is 2.67. The van der Waals surface area contributed by atoms with Gasteiger partial charge in [0.1, 0.15) is 0 Å². The molecule has 0 unspecified atom stereocenters. The molecule has 0 saturated heterocycles. The number of nitrogen functional groups attached to an aromatic ring is 1. The van der Waals surface area contributed by atoms with Crippen LogP contribution in [0.4, 0.5) is 5.82 Å². The molecular weight excluding hydrogens is 338 g/mol. The highest BCUT2D eigenvalue weighted by Crippen LogP contribution is 2.24. The Kier molecular flexibility index (Phi) is 5.78. The van der Waals surface area contributed by atoms with Crippen molar-refractivity contribution in [1.29, 1.82) is 0 Å². The van der Waals surface area contributed by atoms with Crippen LogP contribution < -0.4 is 11.1 Å². The van der Waals surface area contributed by atoms with Crippen molar-refractivity contribution >= 4 is 11.7 Å². The van der Waals surface area contributed by atoms with Crippen molar-refractivity contribution in [2.75, 3.05) is 19.8 Å². The highest BCUT2D eigenvalue weighted by molar-refractivity contribution is 5.96. The fourth-order valence-electron chi connectivity index (χ4n) is 2.89. The third kappa shape index (κ3) is 4.68. The quantitative estimate of drug-likeness (QED) is 0.705. The average molecular weight is 361 g/mol. The molecule has 1 aromatic heterocycles. The van der Waals surface area contributed by atoms with E-state index in [1.54, 1.807) is 0 Å². The molecule has 0 saturated carbocycles. The van der Waals surface area contributed by atoms with Gasteiger partial charge in [-0.3, -0.25) is 4.79 Å². The molecule has 1 heterocycles. The first-order valence-corrected chi connectivity index (χ1v) is 8.71. The fraction of sp³-hybridized carbons (Fsp3) is 0.190. The number of nitrogens with one attached hydrogen (secondary N) is 1. The van der Waals surface area contributed by atoms with E-state index >= 15 is 0 Å². The largest absolute Gasteiger partial charge is 0.382 e. The molecule has 0 fully saturated rings. The van der Waals surface area contributed by atoms with E-state index < -0.39 is 0 Å². The molecule has 0 aliphatic heterocycles. The Bertz CT molecular complexity index is 922. The van der Waals surface area contributed by atoms with Crippen LogP contribution in [0.15, 0.2) is 60.9 Å². The minimum atomic E-state index is -0.336. The van der Waals surface area contributed by atoms with Crippen LogP contribution in [0.5, 0.6) is 0 Å². The minimum Gasteiger partial charge on any atom is -0.382 e. The number of nitrogens with two attached hydrogens (primary N) is 1. The summed E-state index contributed by atoms with van der Waals surface area (Å²) in [5.41, 5.74) is 10.3. The van der Waals surface area contributed by atoms with E-state index in [1.165, 1.54) is 18.0 Å². The smallest absolute Gasteiger partial charge is 0.273 e. The number of hydrogen-bond acceptors (Lipinski definition) is 5. The predicted octanol–water partition coefficient (Wildman–Crippen LogP) is 2.72. The highest BCUT2D eigenvalue weighted by atomic mass is 16.1. The molecule has 0 atom stereocenters. The summed E-state index contributed by atoms with van der Waals surface area (Å²) in [6.07, 6.45) is 2.91. The van der Waals surface area contributed by atoms with Gasteiger partial charge >= 0.3 is 0 Å². The molecule has 0 radical (unpaired) electrons. The normalized spacial score (nSPS) is 10.8. The second kappa shape index (κ2) is 8.42. The number of carbonyl (C=O) groups excluding carboxylic acids is 1. The molecule has 1 amide bonds. The molecule has 0 aliphatic rings. The Hall–Kier alpha value is -3.25. The van der Waals surface area contributed by atoms with E-state index in [9.17, 15) is 4.79 Å². The van der Waals surface area contributed by atoms with Crippen LogP contribution in [-0.2, 0) is 13.1 Å². The van der Waals surface area contributed by atoms with E-state index in [0.29, 0.717) is 6.54 Å². The molecule has 0 aliphatic carbocycles. The van der Waals surface area contributed by atoms with Gasteiger partial charge in [0.25, 0.3) is 5.91 Å². The first kappa shape index (κ1) is 18.5. The zero-order valence-electron chi connectivity index (χ0n) is 15.5. The van der Waals surface area contributed by atoms with Gasteiger partial charge in [-0.25, -0.2) is 9.97 Å². The molecule has 3 rings (SSSR count). The van der Waals surface area contributed by atoms with Crippen LogP contribution >= 0.6 is 0 Å². The summed E-state index contributed by atoms with van der Waals surface area (Å²) < 4.78 is 0. The Morgan fingerprint density at radius 1 is 1.04 bits per heavy atom. The summed E-state index contributed by atoms with van der Waals surface area (Å²) in [5, 5.41) is 2.88. The molecule has 2 aromatic carbocycles. The van der Waals surface area contributed by atoms with Crippen LogP contribution in [0, 0.1) is 0 Å². The molecular formula is C21H23N5O. The lowest BCUT2D eigenvalue weighted by molar-refractivity contribution is 0.0946. The maximum absolute atomic E-state index is 12.3. The number of carbonyl (C=O) groups is 1. The fourth-order valence-corrected chi connectivity index (χ4v) is 2.89. The number of rotatable bonds is 6. The molecule has 6 nitrogen and oxygen atoms in total. The summed E-state index contributed by atoms with van der Waals surface area (Å²) in [7, 11) is 4.10. The van der Waals surface area contributed by atoms with Crippen LogP contribution in [0.1, 0.15) is 21.6 Å². The lowest BCUT2D eigenvalue weighted by Gasteiger charge is -2.13. The van der Waals surface area contributed by atoms with Gasteiger partial charge < -0.3 is 16.0 Å². The van der Waals surface area contributed by atoms with Crippen molar-refractivity contribution in [2.45, 2.75) is 13.1 Å². The van der Waals surface area contributed by atoms with E-state index in [0.717, 1.165) is 23.2 Å². The Balaban J connectivity index is 1.76. The second-order valence-electron chi connectivity index (χ2n) is 6.56. The number of hydrogen-bond donors (Lipinski definition) is 2. The zero-order valence-corrected chi connectivity index (χ0v) is 15.5. The molecule has 27 heavy (non-hydrogen) atoms. The van der Waals surface area contributed by atoms with Gasteiger partial charge in [-0.15, -0.1) is 0 Å². The second-order valence-corrected chi connectivity index (χ2v) is 6.56. The van der Waals surface area contributed by atoms with E-state index in [-0.39, 0.29) is 17.4 Å². The van der Waals surface area contributed by atoms with Crippen molar-refractivity contribution in [1.82, 2.24) is 20.2 Å².